The van der Waals surface area contributed by atoms with Crippen molar-refractivity contribution in [1.29, 1.82) is 0 Å². The van der Waals surface area contributed by atoms with Crippen LogP contribution in [-0.4, -0.2) is 22.7 Å². The van der Waals surface area contributed by atoms with Crippen LogP contribution in [0.1, 0.15) is 23.7 Å². The minimum absolute atomic E-state index is 0.347. The van der Waals surface area contributed by atoms with E-state index in [1.807, 2.05) is 6.92 Å². The van der Waals surface area contributed by atoms with Crippen LogP contribution < -0.4 is 4.74 Å². The summed E-state index contributed by atoms with van der Waals surface area (Å²) < 4.78 is 19.1. The van der Waals surface area contributed by atoms with Gasteiger partial charge in [0.1, 0.15) is 11.6 Å². The van der Waals surface area contributed by atoms with Gasteiger partial charge in [-0.25, -0.2) is 9.18 Å². The summed E-state index contributed by atoms with van der Waals surface area (Å²) in [5.41, 5.74) is 0.886. The number of carboxylic acids is 1. The normalized spacial score (nSPS) is 10.3. The number of hydrogen-bond donors (Lipinski definition) is 1. The maximum absolute atomic E-state index is 13.7. The molecule has 20 heavy (non-hydrogen) atoms. The van der Waals surface area contributed by atoms with Gasteiger partial charge < -0.3 is 9.84 Å². The number of carbonyl (C=O) groups is 1. The lowest BCUT2D eigenvalue weighted by Crippen LogP contribution is -2.00. The number of aromatic carboxylic acids is 1. The molecule has 2 aromatic rings. The maximum atomic E-state index is 13.7. The Morgan fingerprint density at radius 1 is 1.30 bits per heavy atom. The van der Waals surface area contributed by atoms with Crippen LogP contribution in [0.3, 0.4) is 0 Å². The Hall–Kier alpha value is -2.43. The van der Waals surface area contributed by atoms with Gasteiger partial charge in [-0.05, 0) is 30.2 Å². The van der Waals surface area contributed by atoms with Crippen LogP contribution >= 0.6 is 0 Å². The van der Waals surface area contributed by atoms with Gasteiger partial charge in [0.05, 0.1) is 18.4 Å². The highest BCUT2D eigenvalue weighted by molar-refractivity contribution is 5.88. The average molecular weight is 275 g/mol. The summed E-state index contributed by atoms with van der Waals surface area (Å²) in [6.07, 6.45) is 4.04. The third-order valence-corrected chi connectivity index (χ3v) is 2.72. The van der Waals surface area contributed by atoms with Gasteiger partial charge in [0, 0.05) is 11.8 Å². The highest BCUT2D eigenvalue weighted by Crippen LogP contribution is 2.24. The largest absolute Gasteiger partial charge is 0.492 e. The molecular weight excluding hydrogens is 261 g/mol. The molecule has 0 aliphatic rings. The first-order valence-electron chi connectivity index (χ1n) is 6.23. The van der Waals surface area contributed by atoms with Crippen LogP contribution in [0.25, 0.3) is 11.1 Å². The summed E-state index contributed by atoms with van der Waals surface area (Å²) in [6.45, 7) is 2.58. The van der Waals surface area contributed by atoms with Gasteiger partial charge in [-0.2, -0.15) is 0 Å². The van der Waals surface area contributed by atoms with E-state index in [-0.39, 0.29) is 5.56 Å². The molecule has 0 bridgehead atoms. The van der Waals surface area contributed by atoms with E-state index in [2.05, 4.69) is 4.98 Å². The van der Waals surface area contributed by atoms with E-state index in [1.165, 1.54) is 12.1 Å². The summed E-state index contributed by atoms with van der Waals surface area (Å²) in [6, 6.07) is 5.72. The lowest BCUT2D eigenvalue weighted by atomic mass is 10.0. The Labute approximate surface area is 115 Å². The SMILES string of the molecule is CCCOc1cncc(-c2ccc(C(=O)O)c(F)c2)c1. The summed E-state index contributed by atoms with van der Waals surface area (Å²) in [5.74, 6) is -1.45. The molecule has 1 heterocycles. The molecule has 4 nitrogen and oxygen atoms in total. The molecule has 0 saturated heterocycles. The smallest absolute Gasteiger partial charge is 0.338 e. The van der Waals surface area contributed by atoms with Crippen molar-refractivity contribution in [3.8, 4) is 16.9 Å². The topological polar surface area (TPSA) is 59.4 Å². The zero-order chi connectivity index (χ0) is 14.5. The van der Waals surface area contributed by atoms with Gasteiger partial charge in [0.25, 0.3) is 0 Å². The Morgan fingerprint density at radius 2 is 2.10 bits per heavy atom. The van der Waals surface area contributed by atoms with Crippen molar-refractivity contribution in [3.63, 3.8) is 0 Å². The quantitative estimate of drug-likeness (QED) is 0.908. The summed E-state index contributed by atoms with van der Waals surface area (Å²) >= 11 is 0. The molecule has 1 aromatic carbocycles. The molecule has 104 valence electrons. The first-order valence-corrected chi connectivity index (χ1v) is 6.23. The molecule has 1 N–H and O–H groups in total. The van der Waals surface area contributed by atoms with Gasteiger partial charge in [0.15, 0.2) is 0 Å². The molecule has 5 heteroatoms. The third-order valence-electron chi connectivity index (χ3n) is 2.72. The molecule has 0 aliphatic heterocycles. The Bertz CT molecular complexity index is 628. The van der Waals surface area contributed by atoms with Crippen LogP contribution in [0.2, 0.25) is 0 Å². The van der Waals surface area contributed by atoms with E-state index in [9.17, 15) is 9.18 Å². The second-order valence-electron chi connectivity index (χ2n) is 4.26. The monoisotopic (exact) mass is 275 g/mol. The number of aromatic nitrogens is 1. The maximum Gasteiger partial charge on any atom is 0.338 e. The summed E-state index contributed by atoms with van der Waals surface area (Å²) in [5, 5.41) is 8.80. The zero-order valence-electron chi connectivity index (χ0n) is 11.0. The molecule has 2 rings (SSSR count). The number of rotatable bonds is 5. The van der Waals surface area contributed by atoms with E-state index >= 15 is 0 Å². The van der Waals surface area contributed by atoms with Crippen molar-refractivity contribution in [2.75, 3.05) is 6.61 Å². The molecule has 0 unspecified atom stereocenters. The summed E-state index contributed by atoms with van der Waals surface area (Å²) in [4.78, 5) is 14.8. The lowest BCUT2D eigenvalue weighted by molar-refractivity contribution is 0.0692. The number of hydrogen-bond acceptors (Lipinski definition) is 3. The number of carboxylic acid groups (broad SMARTS) is 1. The minimum Gasteiger partial charge on any atom is -0.492 e. The van der Waals surface area contributed by atoms with E-state index in [0.29, 0.717) is 23.5 Å². The van der Waals surface area contributed by atoms with Crippen molar-refractivity contribution in [2.45, 2.75) is 13.3 Å². The number of ether oxygens (including phenoxy) is 1. The molecule has 0 aliphatic carbocycles. The van der Waals surface area contributed by atoms with Crippen LogP contribution in [0.15, 0.2) is 36.7 Å². The van der Waals surface area contributed by atoms with Crippen molar-refractivity contribution < 1.29 is 19.0 Å². The van der Waals surface area contributed by atoms with Crippen molar-refractivity contribution in [1.82, 2.24) is 4.98 Å². The highest BCUT2D eigenvalue weighted by Gasteiger charge is 2.11. The molecule has 0 saturated carbocycles. The fourth-order valence-corrected chi connectivity index (χ4v) is 1.74. The van der Waals surface area contributed by atoms with Gasteiger partial charge in [0.2, 0.25) is 0 Å². The van der Waals surface area contributed by atoms with Crippen LogP contribution in [0, 0.1) is 5.82 Å². The highest BCUT2D eigenvalue weighted by atomic mass is 19.1. The fraction of sp³-hybridized carbons (Fsp3) is 0.200. The zero-order valence-corrected chi connectivity index (χ0v) is 11.0. The van der Waals surface area contributed by atoms with Gasteiger partial charge >= 0.3 is 5.97 Å². The van der Waals surface area contributed by atoms with E-state index in [0.717, 1.165) is 6.42 Å². The number of nitrogens with zero attached hydrogens (tertiary/aromatic N) is 1. The van der Waals surface area contributed by atoms with Gasteiger partial charge in [-0.3, -0.25) is 4.98 Å². The predicted octanol–water partition coefficient (Wildman–Crippen LogP) is 3.37. The molecule has 0 spiro atoms. The van der Waals surface area contributed by atoms with E-state index < -0.39 is 11.8 Å². The van der Waals surface area contributed by atoms with Crippen LogP contribution in [-0.2, 0) is 0 Å². The van der Waals surface area contributed by atoms with E-state index in [1.54, 1.807) is 24.5 Å². The molecule has 1 aromatic heterocycles. The number of benzene rings is 1. The second kappa shape index (κ2) is 6.14. The molecule has 0 radical (unpaired) electrons. The molecule has 0 amide bonds. The van der Waals surface area contributed by atoms with Gasteiger partial charge in [-0.1, -0.05) is 13.0 Å². The second-order valence-corrected chi connectivity index (χ2v) is 4.26. The van der Waals surface area contributed by atoms with Gasteiger partial charge in [-0.15, -0.1) is 0 Å². The van der Waals surface area contributed by atoms with Crippen LogP contribution in [0.4, 0.5) is 4.39 Å². The van der Waals surface area contributed by atoms with Crippen LogP contribution in [0.5, 0.6) is 5.75 Å². The van der Waals surface area contributed by atoms with Crippen molar-refractivity contribution in [3.05, 3.63) is 48.0 Å². The average Bonchev–Trinajstić information content (AvgIpc) is 2.45. The van der Waals surface area contributed by atoms with Crippen molar-refractivity contribution >= 4 is 5.97 Å². The Balaban J connectivity index is 2.31. The Kier molecular flexibility index (Phi) is 4.30. The number of pyridine rings is 1. The molecular formula is C15H14FNO3. The van der Waals surface area contributed by atoms with Crippen molar-refractivity contribution in [2.24, 2.45) is 0 Å². The molecule has 0 fully saturated rings. The first-order chi connectivity index (χ1) is 9.61. The third kappa shape index (κ3) is 3.12. The summed E-state index contributed by atoms with van der Waals surface area (Å²) in [7, 11) is 0. The first kappa shape index (κ1) is 14.0. The minimum atomic E-state index is -1.28. The molecule has 0 atom stereocenters. The standard InChI is InChI=1S/C15H14FNO3/c1-2-5-20-12-6-11(8-17-9-12)10-3-4-13(15(18)19)14(16)7-10/h3-4,6-9H,2,5H2,1H3,(H,18,19). The van der Waals surface area contributed by atoms with E-state index in [4.69, 9.17) is 9.84 Å². The Morgan fingerprint density at radius 3 is 2.75 bits per heavy atom. The number of halogens is 1. The fourth-order valence-electron chi connectivity index (χ4n) is 1.74. The lowest BCUT2D eigenvalue weighted by Gasteiger charge is -2.07. The predicted molar refractivity (Wildman–Crippen MR) is 72.4 cm³/mol.